The van der Waals surface area contributed by atoms with Gasteiger partial charge < -0.3 is 0 Å². The number of halogens is 14. The topological polar surface area (TPSA) is 0 Å². The molecule has 1 radical (unpaired) electrons. The molecule has 0 aromatic heterocycles. The van der Waals surface area contributed by atoms with Crippen molar-refractivity contribution in [3.05, 3.63) is 0 Å². The normalized spacial score (nSPS) is 16.1. The Labute approximate surface area is 124 Å². The lowest BCUT2D eigenvalue weighted by Crippen LogP contribution is -2.69. The molecule has 0 atom stereocenters. The quantitative estimate of drug-likeness (QED) is 0.264. The average Bonchev–Trinajstić information content (AvgIpc) is 2.26. The van der Waals surface area contributed by atoms with E-state index in [4.69, 9.17) is 0 Å². The van der Waals surface area contributed by atoms with E-state index in [0.29, 0.717) is 0 Å². The highest BCUT2D eigenvalue weighted by Gasteiger charge is 2.90. The number of rotatable bonds is 6. The van der Waals surface area contributed by atoms with Gasteiger partial charge >= 0.3 is 33.8 Å². The third-order valence-corrected chi connectivity index (χ3v) is 4.59. The van der Waals surface area contributed by atoms with E-state index in [-0.39, 0.29) is 0 Å². The molecule has 135 valence electrons. The maximum Gasteiger partial charge on any atom is 0.460 e. The summed E-state index contributed by atoms with van der Waals surface area (Å²) in [5, 5.41) is 0. The van der Waals surface area contributed by atoms with Crippen LogP contribution >= 0.6 is 21.2 Å². The molecule has 0 rings (SSSR count). The van der Waals surface area contributed by atoms with Crippen molar-refractivity contribution < 1.29 is 57.1 Å². The summed E-state index contributed by atoms with van der Waals surface area (Å²) in [7, 11) is 0. The van der Waals surface area contributed by atoms with Gasteiger partial charge in [-0.2, -0.15) is 57.1 Å². The average molecular weight is 475 g/mol. The van der Waals surface area contributed by atoms with Gasteiger partial charge in [0.05, 0.1) is 0 Å². The lowest BCUT2D eigenvalue weighted by Gasteiger charge is -2.39. The van der Waals surface area contributed by atoms with Crippen molar-refractivity contribution in [3.63, 3.8) is 0 Å². The first-order valence-corrected chi connectivity index (χ1v) is 7.47. The van der Waals surface area contributed by atoms with Gasteiger partial charge in [-0.05, 0) is 4.43 Å². The maximum absolute atomic E-state index is 12.9. The van der Waals surface area contributed by atoms with E-state index in [2.05, 4.69) is 0 Å². The summed E-state index contributed by atoms with van der Waals surface area (Å²) in [6.07, 6.45) is -7.36. The van der Waals surface area contributed by atoms with Crippen molar-refractivity contribution in [2.45, 2.75) is 40.7 Å². The minimum absolute atomic E-state index is 0.790. The van der Waals surface area contributed by atoms with E-state index >= 15 is 0 Å². The second kappa shape index (κ2) is 5.72. The molecular formula is C8H5F13I. The van der Waals surface area contributed by atoms with Crippen LogP contribution in [0.5, 0.6) is 0 Å². The molecule has 0 aliphatic carbocycles. The molecule has 0 unspecified atom stereocenters. The van der Waals surface area contributed by atoms with Gasteiger partial charge in [0.25, 0.3) is 0 Å². The van der Waals surface area contributed by atoms with Gasteiger partial charge in [0, 0.05) is 0 Å². The summed E-state index contributed by atoms with van der Waals surface area (Å²) in [6, 6.07) is 0. The summed E-state index contributed by atoms with van der Waals surface area (Å²) in [5.74, 6) is -30.2. The highest BCUT2D eigenvalue weighted by molar-refractivity contribution is 14.2. The Morgan fingerprint density at radius 2 is 0.864 bits per heavy atom. The van der Waals surface area contributed by atoms with E-state index in [1.165, 1.54) is 0 Å². The lowest BCUT2D eigenvalue weighted by atomic mass is 9.98. The Kier molecular flexibility index (Phi) is 5.67. The monoisotopic (exact) mass is 475 g/mol. The molecule has 0 aliphatic heterocycles. The van der Waals surface area contributed by atoms with Crippen molar-refractivity contribution in [3.8, 4) is 0 Å². The first-order chi connectivity index (χ1) is 9.31. The second-order valence-corrected chi connectivity index (χ2v) is 7.34. The van der Waals surface area contributed by atoms with Gasteiger partial charge in [-0.1, -0.05) is 28.1 Å². The van der Waals surface area contributed by atoms with Crippen LogP contribution in [0.4, 0.5) is 57.1 Å². The van der Waals surface area contributed by atoms with Crippen molar-refractivity contribution in [2.24, 2.45) is 0 Å². The Balaban J connectivity index is 6.11. The number of hydrogen-bond acceptors (Lipinski definition) is 0. The summed E-state index contributed by atoms with van der Waals surface area (Å²) in [5.41, 5.74) is 0. The molecule has 0 nitrogen and oxygen atoms in total. The van der Waals surface area contributed by atoms with Crippen molar-refractivity contribution in [1.82, 2.24) is 0 Å². The van der Waals surface area contributed by atoms with E-state index in [1.54, 1.807) is 0 Å². The van der Waals surface area contributed by atoms with Crippen LogP contribution in [0.15, 0.2) is 0 Å². The van der Waals surface area contributed by atoms with Gasteiger partial charge in [-0.25, -0.2) is 0 Å². The summed E-state index contributed by atoms with van der Waals surface area (Å²) in [6.45, 7) is 0.790. The zero-order valence-electron chi connectivity index (χ0n) is 10.00. The molecule has 0 amide bonds. The standard InChI is InChI=1S/C8H5F13I/c1-2-22-8(20,21)6(15,16)4(11,12)3(9,10)5(13,14)7(17,18)19/h2H2,1H3. The predicted octanol–water partition coefficient (Wildman–Crippen LogP) is 5.67. The predicted molar refractivity (Wildman–Crippen MR) is 55.4 cm³/mol. The molecule has 22 heavy (non-hydrogen) atoms. The van der Waals surface area contributed by atoms with Crippen LogP contribution < -0.4 is 0 Å². The molecule has 0 aromatic carbocycles. The zero-order valence-corrected chi connectivity index (χ0v) is 12.2. The lowest BCUT2D eigenvalue weighted by molar-refractivity contribution is -0.431. The summed E-state index contributed by atoms with van der Waals surface area (Å²) in [4.78, 5) is 0. The van der Waals surface area contributed by atoms with Crippen LogP contribution in [0.2, 0.25) is 0 Å². The number of alkyl halides is 15. The van der Waals surface area contributed by atoms with E-state index < -0.39 is 59.4 Å². The van der Waals surface area contributed by atoms with Crippen molar-refractivity contribution in [1.29, 1.82) is 0 Å². The minimum atomic E-state index is -7.79. The fourth-order valence-electron chi connectivity index (χ4n) is 1.00. The van der Waals surface area contributed by atoms with Gasteiger partial charge in [-0.3, -0.25) is 0 Å². The third-order valence-electron chi connectivity index (χ3n) is 2.20. The molecule has 0 spiro atoms. The Morgan fingerprint density at radius 1 is 0.545 bits per heavy atom. The molecule has 0 bridgehead atoms. The maximum atomic E-state index is 12.9. The Morgan fingerprint density at radius 3 is 1.14 bits per heavy atom. The van der Waals surface area contributed by atoms with Crippen LogP contribution in [0, 0.1) is 0 Å². The molecule has 0 N–H and O–H groups in total. The molecule has 14 heteroatoms. The molecular weight excluding hydrogens is 470 g/mol. The molecule has 0 saturated carbocycles. The highest BCUT2D eigenvalue weighted by atomic mass is 127. The van der Waals surface area contributed by atoms with Gasteiger partial charge in [0.1, 0.15) is 0 Å². The first-order valence-electron chi connectivity index (χ1n) is 4.87. The Hall–Kier alpha value is -0.180. The molecule has 0 aliphatic rings. The van der Waals surface area contributed by atoms with E-state index in [0.717, 1.165) is 6.92 Å². The van der Waals surface area contributed by atoms with Crippen LogP contribution in [-0.4, -0.2) is 38.2 Å². The molecule has 0 saturated heterocycles. The minimum Gasteiger partial charge on any atom is -0.192 e. The SMILES string of the molecule is CC[I]C(F)(F)C(F)(F)C(F)(F)C(F)(F)C(F)(F)C(F)(F)F. The summed E-state index contributed by atoms with van der Waals surface area (Å²) < 4.78 is 156. The molecule has 0 fully saturated rings. The van der Waals surface area contributed by atoms with Gasteiger partial charge in [0.2, 0.25) is 0 Å². The van der Waals surface area contributed by atoms with Gasteiger partial charge in [-0.15, -0.1) is 0 Å². The first kappa shape index (κ1) is 21.8. The van der Waals surface area contributed by atoms with Crippen molar-refractivity contribution in [2.75, 3.05) is 4.43 Å². The van der Waals surface area contributed by atoms with Crippen LogP contribution in [0.25, 0.3) is 0 Å². The highest BCUT2D eigenvalue weighted by Crippen LogP contribution is 2.62. The number of hydrogen-bond donors (Lipinski definition) is 0. The molecule has 0 heterocycles. The largest absolute Gasteiger partial charge is 0.460 e. The van der Waals surface area contributed by atoms with Crippen LogP contribution in [0.3, 0.4) is 0 Å². The van der Waals surface area contributed by atoms with E-state index in [1.807, 2.05) is 0 Å². The Bertz CT molecular complexity index is 395. The second-order valence-electron chi connectivity index (χ2n) is 3.69. The molecule has 0 aromatic rings. The van der Waals surface area contributed by atoms with Gasteiger partial charge in [0.15, 0.2) is 0 Å². The van der Waals surface area contributed by atoms with Crippen LogP contribution in [0.1, 0.15) is 6.92 Å². The fraction of sp³-hybridized carbons (Fsp3) is 1.00. The summed E-state index contributed by atoms with van der Waals surface area (Å²) >= 11 is -3.21. The van der Waals surface area contributed by atoms with Crippen molar-refractivity contribution >= 4 is 21.2 Å². The fourth-order valence-corrected chi connectivity index (χ4v) is 2.78. The third kappa shape index (κ3) is 2.95. The van der Waals surface area contributed by atoms with Crippen LogP contribution in [-0.2, 0) is 0 Å². The van der Waals surface area contributed by atoms with E-state index in [9.17, 15) is 57.1 Å². The smallest absolute Gasteiger partial charge is 0.192 e. The zero-order chi connectivity index (χ0) is 18.4.